The van der Waals surface area contributed by atoms with Crippen LogP contribution in [0.3, 0.4) is 0 Å². The minimum atomic E-state index is -0.193. The Balaban J connectivity index is 1.49. The molecule has 33 heavy (non-hydrogen) atoms. The van der Waals surface area contributed by atoms with Gasteiger partial charge in [-0.1, -0.05) is 57.9 Å². The zero-order valence-corrected chi connectivity index (χ0v) is 22.0. The first kappa shape index (κ1) is 23.6. The van der Waals surface area contributed by atoms with E-state index in [0.29, 0.717) is 17.8 Å². The van der Waals surface area contributed by atoms with Crippen molar-refractivity contribution in [1.82, 2.24) is 0 Å². The largest absolute Gasteiger partial charge is 0.462 e. The van der Waals surface area contributed by atoms with Gasteiger partial charge in [-0.05, 0) is 98.7 Å². The van der Waals surface area contributed by atoms with E-state index in [9.17, 15) is 9.90 Å². The van der Waals surface area contributed by atoms with Crippen LogP contribution in [0.2, 0.25) is 0 Å². The van der Waals surface area contributed by atoms with Gasteiger partial charge in [0.15, 0.2) is 0 Å². The van der Waals surface area contributed by atoms with E-state index in [2.05, 4.69) is 60.6 Å². The van der Waals surface area contributed by atoms with Crippen LogP contribution in [-0.4, -0.2) is 23.3 Å². The van der Waals surface area contributed by atoms with Crippen LogP contribution in [0.15, 0.2) is 23.3 Å². The monoisotopic (exact) mass is 454 g/mol. The normalized spacial score (nSPS) is 49.8. The van der Waals surface area contributed by atoms with E-state index < -0.39 is 0 Å². The van der Waals surface area contributed by atoms with Crippen molar-refractivity contribution in [2.75, 3.05) is 0 Å². The second-order valence-corrected chi connectivity index (χ2v) is 13.8. The van der Waals surface area contributed by atoms with Gasteiger partial charge in [-0.3, -0.25) is 4.79 Å². The molecule has 5 rings (SSSR count). The molecule has 1 saturated heterocycles. The number of ether oxygens (including phenoxy) is 1. The predicted octanol–water partition coefficient (Wildman–Crippen LogP) is 6.85. The Kier molecular flexibility index (Phi) is 5.34. The molecule has 1 heterocycles. The Morgan fingerprint density at radius 2 is 1.88 bits per heavy atom. The first-order chi connectivity index (χ1) is 15.4. The minimum absolute atomic E-state index is 0.0333. The molecule has 184 valence electrons. The molecule has 1 N–H and O–H groups in total. The Morgan fingerprint density at radius 3 is 2.58 bits per heavy atom. The molecule has 3 heteroatoms. The van der Waals surface area contributed by atoms with Gasteiger partial charge in [0.1, 0.15) is 6.10 Å². The van der Waals surface area contributed by atoms with Crippen LogP contribution in [-0.2, 0) is 9.53 Å². The number of allylic oxidation sites excluding steroid dienone is 4. The lowest BCUT2D eigenvalue weighted by molar-refractivity contribution is -0.147. The van der Waals surface area contributed by atoms with Gasteiger partial charge in [-0.2, -0.15) is 0 Å². The zero-order valence-electron chi connectivity index (χ0n) is 22.0. The molecule has 3 nitrogen and oxygen atoms in total. The molecule has 0 spiro atoms. The molecule has 0 radical (unpaired) electrons. The summed E-state index contributed by atoms with van der Waals surface area (Å²) >= 11 is 0. The summed E-state index contributed by atoms with van der Waals surface area (Å²) in [5, 5.41) is 10.8. The molecular weight excluding hydrogens is 408 g/mol. The van der Waals surface area contributed by atoms with E-state index in [4.69, 9.17) is 4.74 Å². The third kappa shape index (κ3) is 3.06. The number of carbonyl (C=O) groups excluding carboxylic acids is 1. The van der Waals surface area contributed by atoms with Crippen LogP contribution >= 0.6 is 0 Å². The minimum Gasteiger partial charge on any atom is -0.462 e. The van der Waals surface area contributed by atoms with Crippen molar-refractivity contribution in [3.8, 4) is 0 Å². The van der Waals surface area contributed by atoms with Crippen molar-refractivity contribution in [3.05, 3.63) is 23.3 Å². The standard InChI is InChI=1S/C30H46O3/c1-18(2)9-8-10-19-25-22(33-26(19)32)17-30(7)21-11-12-23-27(3,4)24(31)14-15-28(23,5)20(21)13-16-29(25,30)6/h9,11,19-20,22-25,31H,8,10,12-17H2,1-7H3. The summed E-state index contributed by atoms with van der Waals surface area (Å²) in [7, 11) is 0. The Hall–Kier alpha value is -1.09. The number of carbonyl (C=O) groups is 1. The molecular formula is C30H46O3. The molecule has 4 aliphatic carbocycles. The average molecular weight is 455 g/mol. The van der Waals surface area contributed by atoms with Crippen LogP contribution in [0, 0.1) is 45.3 Å². The van der Waals surface area contributed by atoms with Crippen LogP contribution in [0.1, 0.15) is 99.8 Å². The fourth-order valence-electron chi connectivity index (χ4n) is 9.83. The number of hydrogen-bond acceptors (Lipinski definition) is 3. The highest BCUT2D eigenvalue weighted by Crippen LogP contribution is 2.74. The molecule has 0 amide bonds. The summed E-state index contributed by atoms with van der Waals surface area (Å²) in [6, 6.07) is 0. The van der Waals surface area contributed by atoms with Crippen molar-refractivity contribution >= 4 is 5.97 Å². The highest BCUT2D eigenvalue weighted by Gasteiger charge is 2.70. The van der Waals surface area contributed by atoms with Gasteiger partial charge < -0.3 is 9.84 Å². The third-order valence-corrected chi connectivity index (χ3v) is 11.9. The highest BCUT2D eigenvalue weighted by atomic mass is 16.6. The van der Waals surface area contributed by atoms with Crippen LogP contribution in [0.5, 0.6) is 0 Å². The third-order valence-electron chi connectivity index (χ3n) is 11.9. The summed E-state index contributed by atoms with van der Waals surface area (Å²) in [5.74, 6) is 1.58. The van der Waals surface area contributed by atoms with Gasteiger partial charge in [0.2, 0.25) is 0 Å². The van der Waals surface area contributed by atoms with Crippen LogP contribution in [0.25, 0.3) is 0 Å². The van der Waals surface area contributed by atoms with Crippen molar-refractivity contribution in [2.45, 2.75) is 112 Å². The van der Waals surface area contributed by atoms with E-state index in [1.807, 2.05) is 0 Å². The van der Waals surface area contributed by atoms with Crippen LogP contribution < -0.4 is 0 Å². The van der Waals surface area contributed by atoms with E-state index in [-0.39, 0.29) is 45.8 Å². The average Bonchev–Trinajstić information content (AvgIpc) is 3.14. The highest BCUT2D eigenvalue weighted by molar-refractivity contribution is 5.76. The first-order valence-electron chi connectivity index (χ1n) is 13.6. The molecule has 0 aromatic rings. The van der Waals surface area contributed by atoms with Crippen molar-refractivity contribution < 1.29 is 14.6 Å². The number of aliphatic hydroxyl groups is 1. The summed E-state index contributed by atoms with van der Waals surface area (Å²) < 4.78 is 6.12. The van der Waals surface area contributed by atoms with Gasteiger partial charge in [-0.25, -0.2) is 0 Å². The molecule has 0 aromatic heterocycles. The number of rotatable bonds is 3. The maximum absolute atomic E-state index is 12.9. The Labute approximate surface area is 201 Å². The molecule has 9 atom stereocenters. The summed E-state index contributed by atoms with van der Waals surface area (Å²) in [5.41, 5.74) is 3.46. The van der Waals surface area contributed by atoms with Crippen molar-refractivity contribution in [3.63, 3.8) is 0 Å². The maximum atomic E-state index is 12.9. The summed E-state index contributed by atoms with van der Waals surface area (Å²) in [6.45, 7) is 16.4. The number of hydrogen-bond donors (Lipinski definition) is 1. The van der Waals surface area contributed by atoms with Gasteiger partial charge in [0, 0.05) is 5.92 Å². The molecule has 0 bridgehead atoms. The van der Waals surface area contributed by atoms with E-state index in [1.165, 1.54) is 18.4 Å². The lowest BCUT2D eigenvalue weighted by atomic mass is 9.41. The second kappa shape index (κ2) is 7.45. The Morgan fingerprint density at radius 1 is 1.15 bits per heavy atom. The van der Waals surface area contributed by atoms with Crippen molar-refractivity contribution in [1.29, 1.82) is 0 Å². The first-order valence-corrected chi connectivity index (χ1v) is 13.6. The summed E-state index contributed by atoms with van der Waals surface area (Å²) in [6.07, 6.45) is 13.2. The quantitative estimate of drug-likeness (QED) is 0.375. The van der Waals surface area contributed by atoms with Crippen molar-refractivity contribution in [2.24, 2.45) is 45.3 Å². The molecule has 3 saturated carbocycles. The number of aliphatic hydroxyl groups excluding tert-OH is 1. The molecule has 1 aliphatic heterocycles. The number of fused-ring (bicyclic) bond motifs is 7. The number of esters is 1. The van der Waals surface area contributed by atoms with E-state index in [1.54, 1.807) is 5.57 Å². The smallest absolute Gasteiger partial charge is 0.309 e. The fourth-order valence-corrected chi connectivity index (χ4v) is 9.83. The molecule has 0 aromatic carbocycles. The Bertz CT molecular complexity index is 894. The predicted molar refractivity (Wildman–Crippen MR) is 132 cm³/mol. The van der Waals surface area contributed by atoms with Gasteiger partial charge in [0.25, 0.3) is 0 Å². The lowest BCUT2D eigenvalue weighted by Gasteiger charge is -2.64. The van der Waals surface area contributed by atoms with Crippen LogP contribution in [0.4, 0.5) is 0 Å². The topological polar surface area (TPSA) is 46.5 Å². The maximum Gasteiger partial charge on any atom is 0.309 e. The summed E-state index contributed by atoms with van der Waals surface area (Å²) in [4.78, 5) is 12.9. The van der Waals surface area contributed by atoms with E-state index in [0.717, 1.165) is 38.5 Å². The van der Waals surface area contributed by atoms with Gasteiger partial charge >= 0.3 is 5.97 Å². The molecule has 9 unspecified atom stereocenters. The van der Waals surface area contributed by atoms with Gasteiger partial charge in [-0.15, -0.1) is 0 Å². The van der Waals surface area contributed by atoms with Gasteiger partial charge in [0.05, 0.1) is 12.0 Å². The molecule has 4 fully saturated rings. The zero-order chi connectivity index (χ0) is 24.0. The fraction of sp³-hybridized carbons (Fsp3) is 0.833. The second-order valence-electron chi connectivity index (χ2n) is 13.8. The lowest BCUT2D eigenvalue weighted by Crippen LogP contribution is -2.58. The SMILES string of the molecule is CC(C)=CCCC1C(=O)OC2CC3(C)C4=CCC5C(C)(C)C(O)CCC5(C)C4CCC3(C)C21. The molecule has 5 aliphatic rings. The van der Waals surface area contributed by atoms with E-state index >= 15 is 0 Å².